The molecular formula is C16H28NRu. The van der Waals surface area contributed by atoms with Crippen LogP contribution in [0.2, 0.25) is 26.6 Å². The molecule has 1 heterocycles. The predicted octanol–water partition coefficient (Wildman–Crippen LogP) is 5.27. The molecule has 0 fully saturated rings. The van der Waals surface area contributed by atoms with Crippen LogP contribution in [0, 0.1) is 0 Å². The van der Waals surface area contributed by atoms with Crippen LogP contribution in [0.1, 0.15) is 20.3 Å². The van der Waals surface area contributed by atoms with Gasteiger partial charge in [0.2, 0.25) is 0 Å². The molecule has 1 aromatic heterocycles. The monoisotopic (exact) mass is 336 g/mol. The number of nitrogens with one attached hydrogen (secondary N) is 1. The van der Waals surface area contributed by atoms with Crippen LogP contribution in [0.25, 0.3) is 0 Å². The summed E-state index contributed by atoms with van der Waals surface area (Å²) in [5.74, 6) is 0. The molecule has 1 N–H and O–H groups in total. The molecular weight excluding hydrogens is 307 g/mol. The molecule has 0 spiro atoms. The fourth-order valence-electron chi connectivity index (χ4n) is 2.55. The van der Waals surface area contributed by atoms with E-state index in [1.807, 2.05) is 0 Å². The minimum atomic E-state index is -3.81. The average Bonchev–Trinajstić information content (AvgIpc) is 2.92. The number of hydrogen-bond acceptors (Lipinski definition) is 0. The van der Waals surface area contributed by atoms with Crippen LogP contribution in [0.5, 0.6) is 0 Å². The third-order valence-electron chi connectivity index (χ3n) is 5.43. The minimum absolute atomic E-state index is 0.608. The summed E-state index contributed by atoms with van der Waals surface area (Å²) in [5, 5.41) is 0. The second kappa shape index (κ2) is 2.77. The van der Waals surface area contributed by atoms with Crippen LogP contribution in [0.15, 0.2) is 40.7 Å². The van der Waals surface area contributed by atoms with E-state index < -0.39 is 11.2 Å². The van der Waals surface area contributed by atoms with Gasteiger partial charge in [0.1, 0.15) is 0 Å². The van der Waals surface area contributed by atoms with Crippen molar-refractivity contribution in [3.05, 3.63) is 40.7 Å². The molecule has 18 heavy (non-hydrogen) atoms. The first-order valence-electron chi connectivity index (χ1n) is 6.34. The summed E-state index contributed by atoms with van der Waals surface area (Å²) in [7, 11) is 0. The summed E-state index contributed by atoms with van der Waals surface area (Å²) in [6.07, 6.45) is 10.1. The van der Waals surface area contributed by atoms with Crippen molar-refractivity contribution in [1.29, 1.82) is 0 Å². The zero-order chi connectivity index (χ0) is 13.8. The SMILES string of the molecule is C[CH](C)[Ru]([CH3])([CH3])([CH3])([CH3])([C]1=CC=CC1)[c]1ccc[nH]1. The predicted molar refractivity (Wildman–Crippen MR) is 80.8 cm³/mol. The summed E-state index contributed by atoms with van der Waals surface area (Å²) >= 11 is -3.81. The zero-order valence-corrected chi connectivity index (χ0v) is 14.3. The van der Waals surface area contributed by atoms with E-state index in [-0.39, 0.29) is 0 Å². The third kappa shape index (κ3) is 1.31. The van der Waals surface area contributed by atoms with Crippen LogP contribution >= 0.6 is 0 Å². The van der Waals surface area contributed by atoms with E-state index >= 15 is 0 Å². The van der Waals surface area contributed by atoms with Crippen LogP contribution in [0.3, 0.4) is 0 Å². The van der Waals surface area contributed by atoms with E-state index in [2.05, 4.69) is 77.5 Å². The van der Waals surface area contributed by atoms with Crippen molar-refractivity contribution in [3.8, 4) is 0 Å². The van der Waals surface area contributed by atoms with Crippen LogP contribution in [-0.4, -0.2) is 4.98 Å². The van der Waals surface area contributed by atoms with Crippen molar-refractivity contribution in [2.24, 2.45) is 0 Å². The van der Waals surface area contributed by atoms with E-state index in [0.29, 0.717) is 4.51 Å². The summed E-state index contributed by atoms with van der Waals surface area (Å²) in [6.45, 7) is 4.79. The van der Waals surface area contributed by atoms with Gasteiger partial charge in [0, 0.05) is 0 Å². The van der Waals surface area contributed by atoms with E-state index in [0.717, 1.165) is 6.42 Å². The molecule has 0 aliphatic heterocycles. The maximum absolute atomic E-state index is 3.81. The van der Waals surface area contributed by atoms with Gasteiger partial charge in [-0.1, -0.05) is 0 Å². The van der Waals surface area contributed by atoms with E-state index in [1.165, 1.54) is 4.29 Å². The van der Waals surface area contributed by atoms with Gasteiger partial charge in [-0.05, 0) is 0 Å². The Morgan fingerprint density at radius 3 is 2.22 bits per heavy atom. The van der Waals surface area contributed by atoms with E-state index in [9.17, 15) is 0 Å². The van der Waals surface area contributed by atoms with Gasteiger partial charge in [0.15, 0.2) is 0 Å². The number of aromatic amines is 1. The van der Waals surface area contributed by atoms with Crippen molar-refractivity contribution in [2.75, 3.05) is 0 Å². The Kier molecular flexibility index (Phi) is 2.13. The number of hydrogen-bond donors (Lipinski definition) is 1. The molecule has 0 radical (unpaired) electrons. The quantitative estimate of drug-likeness (QED) is 0.725. The maximum atomic E-state index is 3.56. The summed E-state index contributed by atoms with van der Waals surface area (Å²) < 4.78 is 3.69. The third-order valence-corrected chi connectivity index (χ3v) is 27.1. The molecule has 1 nitrogen and oxygen atoms in total. The van der Waals surface area contributed by atoms with Gasteiger partial charge >= 0.3 is 108 Å². The summed E-state index contributed by atoms with van der Waals surface area (Å²) in [6, 6.07) is 4.44. The Morgan fingerprint density at radius 1 is 1.17 bits per heavy atom. The Labute approximate surface area is 108 Å². The average molecular weight is 335 g/mol. The molecule has 0 unspecified atom stereocenters. The first kappa shape index (κ1) is 13.8. The van der Waals surface area contributed by atoms with Gasteiger partial charge in [-0.25, -0.2) is 0 Å². The van der Waals surface area contributed by atoms with Crippen molar-refractivity contribution in [3.63, 3.8) is 0 Å². The van der Waals surface area contributed by atoms with Crippen LogP contribution < -0.4 is 4.29 Å². The van der Waals surface area contributed by atoms with Crippen LogP contribution in [-0.2, 0) is 11.2 Å². The van der Waals surface area contributed by atoms with Crippen molar-refractivity contribution in [1.82, 2.24) is 4.98 Å². The second-order valence-electron chi connectivity index (χ2n) is 7.87. The van der Waals surface area contributed by atoms with Crippen LogP contribution in [0.4, 0.5) is 0 Å². The van der Waals surface area contributed by atoms with E-state index in [4.69, 9.17) is 0 Å². The summed E-state index contributed by atoms with van der Waals surface area (Å²) in [4.78, 5) is 3.56. The summed E-state index contributed by atoms with van der Waals surface area (Å²) in [5.41, 5.74) is 10.3. The van der Waals surface area contributed by atoms with Gasteiger partial charge < -0.3 is 0 Å². The molecule has 0 aromatic carbocycles. The molecule has 1 aliphatic rings. The second-order valence-corrected chi connectivity index (χ2v) is 34.8. The zero-order valence-electron chi connectivity index (χ0n) is 12.6. The van der Waals surface area contributed by atoms with Crippen molar-refractivity contribution < 1.29 is 11.2 Å². The first-order chi connectivity index (χ1) is 7.95. The molecule has 1 aromatic rings. The topological polar surface area (TPSA) is 15.8 Å². The standard InChI is InChI=1S/C5H5.C4H4N.C3H7.4CH3.Ru/c2*1-2-4-5-3-1;1-3-2;;;;;/h1-3H,4H2;1-3,5H;3H,1-2H3;4*1H3;. The normalized spacial score (nSPS) is 22.2. The molecule has 105 valence electrons. The van der Waals surface area contributed by atoms with Gasteiger partial charge in [0.25, 0.3) is 0 Å². The molecule has 0 atom stereocenters. The molecule has 0 saturated carbocycles. The number of aromatic nitrogens is 1. The number of rotatable bonds is 3. The molecule has 0 amide bonds. The van der Waals surface area contributed by atoms with E-state index in [1.54, 1.807) is 4.17 Å². The number of allylic oxidation sites excluding steroid dienone is 4. The van der Waals surface area contributed by atoms with Gasteiger partial charge in [-0.2, -0.15) is 0 Å². The fraction of sp³-hybridized carbons (Fsp3) is 0.500. The van der Waals surface area contributed by atoms with Gasteiger partial charge in [-0.3, -0.25) is 0 Å². The van der Waals surface area contributed by atoms with Crippen molar-refractivity contribution in [2.45, 2.75) is 46.9 Å². The molecule has 2 heteroatoms. The van der Waals surface area contributed by atoms with Gasteiger partial charge in [-0.15, -0.1) is 0 Å². The Hall–Kier alpha value is -0.617. The fourth-order valence-corrected chi connectivity index (χ4v) is 12.2. The molecule has 2 rings (SSSR count). The first-order valence-corrected chi connectivity index (χ1v) is 16.0. The van der Waals surface area contributed by atoms with Gasteiger partial charge in [0.05, 0.1) is 0 Å². The Morgan fingerprint density at radius 2 is 1.83 bits per heavy atom. The Bertz CT molecular complexity index is 557. The van der Waals surface area contributed by atoms with Crippen molar-refractivity contribution >= 4 is 4.29 Å². The Balaban J connectivity index is 2.94. The number of H-pyrrole nitrogens is 1. The molecule has 1 aliphatic carbocycles. The molecule has 0 bridgehead atoms. The molecule has 0 saturated heterocycles.